The molecule has 0 aliphatic carbocycles. The highest BCUT2D eigenvalue weighted by molar-refractivity contribution is 6.12. The van der Waals surface area contributed by atoms with Crippen molar-refractivity contribution in [1.29, 1.82) is 0 Å². The lowest BCUT2D eigenvalue weighted by molar-refractivity contribution is 0.0522. The monoisotopic (exact) mass is 576 g/mol. The molecule has 1 aliphatic rings. The molecule has 1 saturated heterocycles. The van der Waals surface area contributed by atoms with Crippen molar-refractivity contribution in [2.75, 3.05) is 43.4 Å². The Balaban J connectivity index is 1.56. The number of piperazine rings is 1. The number of carbonyl (C=O) groups is 3. The Morgan fingerprint density at radius 2 is 1.64 bits per heavy atom. The number of fused-ring (bicyclic) bond motifs is 1. The number of rotatable bonds is 5. The molecular weight excluding hydrogens is 546 g/mol. The van der Waals surface area contributed by atoms with Crippen LogP contribution in [0.2, 0.25) is 0 Å². The predicted octanol–water partition coefficient (Wildman–Crippen LogP) is 4.98. The molecule has 0 bridgehead atoms. The van der Waals surface area contributed by atoms with E-state index in [1.54, 1.807) is 32.9 Å². The minimum Gasteiger partial charge on any atom is -0.442 e. The van der Waals surface area contributed by atoms with E-state index in [2.05, 4.69) is 32.2 Å². The Labute approximate surface area is 240 Å². The van der Waals surface area contributed by atoms with Gasteiger partial charge >= 0.3 is 6.09 Å². The fourth-order valence-corrected chi connectivity index (χ4v) is 4.77. The number of halogens is 2. The molecule has 1 aliphatic heterocycles. The summed E-state index contributed by atoms with van der Waals surface area (Å²) < 4.78 is 36.6. The average molecular weight is 577 g/mol. The van der Waals surface area contributed by atoms with E-state index >= 15 is 8.78 Å². The summed E-state index contributed by atoms with van der Waals surface area (Å²) in [5.41, 5.74) is -0.274. The van der Waals surface area contributed by atoms with Gasteiger partial charge in [-0.15, -0.1) is 5.10 Å². The SMILES string of the molecule is CN1CCN(c2ccc(C(=O)Nc3nn(C(=O)OC(C)(C)C)c4cncc(-c5c(F)cc(C=O)cc5F)c34)cc2)CC1. The molecule has 4 aromatic rings. The van der Waals surface area contributed by atoms with E-state index in [1.165, 1.54) is 12.4 Å². The van der Waals surface area contributed by atoms with Crippen LogP contribution in [-0.4, -0.2) is 76.8 Å². The maximum absolute atomic E-state index is 15.1. The van der Waals surface area contributed by atoms with E-state index in [1.807, 2.05) is 12.1 Å². The van der Waals surface area contributed by atoms with Crippen molar-refractivity contribution >= 4 is 40.7 Å². The third kappa shape index (κ3) is 5.84. The second-order valence-electron chi connectivity index (χ2n) is 11.1. The molecule has 3 heterocycles. The smallest absolute Gasteiger partial charge is 0.435 e. The van der Waals surface area contributed by atoms with Gasteiger partial charge in [-0.05, 0) is 64.2 Å². The van der Waals surface area contributed by atoms with Crippen LogP contribution in [0.1, 0.15) is 41.5 Å². The van der Waals surface area contributed by atoms with Gasteiger partial charge in [0.05, 0.1) is 17.1 Å². The highest BCUT2D eigenvalue weighted by atomic mass is 19.1. The second-order valence-corrected chi connectivity index (χ2v) is 11.1. The first-order valence-electron chi connectivity index (χ1n) is 13.3. The van der Waals surface area contributed by atoms with E-state index in [-0.39, 0.29) is 27.8 Å². The number of nitrogens with zero attached hydrogens (tertiary/aromatic N) is 5. The molecule has 42 heavy (non-hydrogen) atoms. The summed E-state index contributed by atoms with van der Waals surface area (Å²) in [6, 6.07) is 8.84. The van der Waals surface area contributed by atoms with Gasteiger partial charge in [-0.1, -0.05) is 0 Å². The summed E-state index contributed by atoms with van der Waals surface area (Å²) >= 11 is 0. The van der Waals surface area contributed by atoms with Crippen LogP contribution >= 0.6 is 0 Å². The van der Waals surface area contributed by atoms with Crippen LogP contribution in [-0.2, 0) is 4.74 Å². The minimum atomic E-state index is -1.02. The van der Waals surface area contributed by atoms with E-state index in [4.69, 9.17) is 4.74 Å². The number of amides is 1. The quantitative estimate of drug-likeness (QED) is 0.332. The molecule has 5 rings (SSSR count). The summed E-state index contributed by atoms with van der Waals surface area (Å²) in [6.45, 7) is 8.63. The zero-order valence-corrected chi connectivity index (χ0v) is 23.6. The van der Waals surface area contributed by atoms with Crippen molar-refractivity contribution in [1.82, 2.24) is 19.7 Å². The first kappa shape index (κ1) is 28.8. The molecule has 10 nitrogen and oxygen atoms in total. The number of nitrogens with one attached hydrogen (secondary N) is 1. The van der Waals surface area contributed by atoms with Gasteiger partial charge in [-0.2, -0.15) is 4.68 Å². The first-order chi connectivity index (χ1) is 19.9. The molecule has 1 fully saturated rings. The van der Waals surface area contributed by atoms with Crippen LogP contribution < -0.4 is 10.2 Å². The molecule has 0 radical (unpaired) electrons. The first-order valence-corrected chi connectivity index (χ1v) is 13.3. The Bertz CT molecular complexity index is 1650. The number of aromatic nitrogens is 3. The number of anilines is 2. The van der Waals surface area contributed by atoms with E-state index in [0.29, 0.717) is 11.8 Å². The minimum absolute atomic E-state index is 0.0562. The molecule has 0 atom stereocenters. The highest BCUT2D eigenvalue weighted by Gasteiger charge is 2.27. The van der Waals surface area contributed by atoms with E-state index in [9.17, 15) is 14.4 Å². The summed E-state index contributed by atoms with van der Waals surface area (Å²) in [4.78, 5) is 46.1. The molecule has 2 aromatic carbocycles. The lowest BCUT2D eigenvalue weighted by Crippen LogP contribution is -2.44. The Kier molecular flexibility index (Phi) is 7.74. The highest BCUT2D eigenvalue weighted by Crippen LogP contribution is 2.37. The molecule has 0 spiro atoms. The van der Waals surface area contributed by atoms with Crippen LogP contribution in [0.3, 0.4) is 0 Å². The lowest BCUT2D eigenvalue weighted by atomic mass is 10.0. The third-order valence-electron chi connectivity index (χ3n) is 6.86. The number of benzene rings is 2. The normalized spacial score (nSPS) is 14.2. The predicted molar refractivity (Wildman–Crippen MR) is 154 cm³/mol. The van der Waals surface area contributed by atoms with Crippen LogP contribution in [0.4, 0.5) is 25.1 Å². The summed E-state index contributed by atoms with van der Waals surface area (Å²) in [5, 5.41) is 7.03. The molecular formula is C30H30F2N6O4. The fraction of sp³-hybridized carbons (Fsp3) is 0.300. The standard InChI is InChI=1S/C30H30F2N6O4/c1-30(2,3)42-29(41)38-24-16-33-15-21(25-22(31)13-18(17-39)14-23(25)32)26(24)27(35-38)34-28(40)19-5-7-20(8-6-19)37-11-9-36(4)10-12-37/h5-8,13-17H,9-12H2,1-4H3,(H,34,35,40). The zero-order chi connectivity index (χ0) is 30.2. The Morgan fingerprint density at radius 1 is 1.00 bits per heavy atom. The largest absolute Gasteiger partial charge is 0.442 e. The van der Waals surface area contributed by atoms with Gasteiger partial charge in [-0.3, -0.25) is 14.6 Å². The molecule has 0 saturated carbocycles. The van der Waals surface area contributed by atoms with E-state index < -0.39 is 34.8 Å². The molecule has 2 aromatic heterocycles. The summed E-state index contributed by atoms with van der Waals surface area (Å²) in [7, 11) is 2.07. The Morgan fingerprint density at radius 3 is 2.24 bits per heavy atom. The topological polar surface area (TPSA) is 110 Å². The Hall–Kier alpha value is -4.71. The van der Waals surface area contributed by atoms with Gasteiger partial charge in [0, 0.05) is 54.8 Å². The van der Waals surface area contributed by atoms with Gasteiger partial charge in [0.2, 0.25) is 0 Å². The van der Waals surface area contributed by atoms with Crippen LogP contribution in [0.25, 0.3) is 22.0 Å². The van der Waals surface area contributed by atoms with Gasteiger partial charge in [-0.25, -0.2) is 13.6 Å². The van der Waals surface area contributed by atoms with Crippen molar-refractivity contribution < 1.29 is 27.9 Å². The number of ether oxygens (including phenoxy) is 1. The van der Waals surface area contributed by atoms with Crippen LogP contribution in [0.15, 0.2) is 48.8 Å². The van der Waals surface area contributed by atoms with Crippen molar-refractivity contribution in [3.63, 3.8) is 0 Å². The molecule has 1 N–H and O–H groups in total. The second kappa shape index (κ2) is 11.3. The van der Waals surface area contributed by atoms with Gasteiger partial charge < -0.3 is 19.9 Å². The van der Waals surface area contributed by atoms with Crippen molar-refractivity contribution in [3.8, 4) is 11.1 Å². The molecule has 1 amide bonds. The summed E-state index contributed by atoms with van der Waals surface area (Å²) in [6.07, 6.45) is 1.94. The lowest BCUT2D eigenvalue weighted by Gasteiger charge is -2.34. The van der Waals surface area contributed by atoms with Crippen LogP contribution in [0.5, 0.6) is 0 Å². The van der Waals surface area contributed by atoms with Crippen LogP contribution in [0, 0.1) is 11.6 Å². The maximum Gasteiger partial charge on any atom is 0.435 e. The van der Waals surface area contributed by atoms with Crippen molar-refractivity contribution in [3.05, 3.63) is 71.6 Å². The zero-order valence-electron chi connectivity index (χ0n) is 23.6. The van der Waals surface area contributed by atoms with Crippen molar-refractivity contribution in [2.45, 2.75) is 26.4 Å². The van der Waals surface area contributed by atoms with Gasteiger partial charge in [0.25, 0.3) is 5.91 Å². The number of hydrogen-bond donors (Lipinski definition) is 1. The number of hydrogen-bond acceptors (Lipinski definition) is 8. The molecule has 0 unspecified atom stereocenters. The van der Waals surface area contributed by atoms with E-state index in [0.717, 1.165) is 48.7 Å². The number of likely N-dealkylation sites (N-methyl/N-ethyl adjacent to an activating group) is 1. The number of carbonyl (C=O) groups excluding carboxylic acids is 3. The fourth-order valence-electron chi connectivity index (χ4n) is 4.77. The maximum atomic E-state index is 15.1. The summed E-state index contributed by atoms with van der Waals surface area (Å²) in [5.74, 6) is -2.71. The van der Waals surface area contributed by atoms with Crippen molar-refractivity contribution in [2.24, 2.45) is 0 Å². The number of aldehydes is 1. The molecule has 12 heteroatoms. The molecule has 218 valence electrons. The third-order valence-corrected chi connectivity index (χ3v) is 6.86. The average Bonchev–Trinajstić information content (AvgIpc) is 3.31. The van der Waals surface area contributed by atoms with Gasteiger partial charge in [0.15, 0.2) is 5.82 Å². The number of pyridine rings is 1. The van der Waals surface area contributed by atoms with Gasteiger partial charge in [0.1, 0.15) is 29.0 Å².